The number of carbonyl (C=O) groups is 1. The summed E-state index contributed by atoms with van der Waals surface area (Å²) < 4.78 is 27.1. The molecule has 4 rings (SSSR count). The summed E-state index contributed by atoms with van der Waals surface area (Å²) in [6.07, 6.45) is 0. The molecular weight excluding hydrogens is 472 g/mol. The summed E-state index contributed by atoms with van der Waals surface area (Å²) in [5.41, 5.74) is 5.65. The predicted octanol–water partition coefficient (Wildman–Crippen LogP) is 3.55. The van der Waals surface area contributed by atoms with Gasteiger partial charge < -0.3 is 9.88 Å². The number of fused-ring (bicyclic) bond motifs is 1. The van der Waals surface area contributed by atoms with Gasteiger partial charge in [0.2, 0.25) is 15.9 Å². The predicted molar refractivity (Wildman–Crippen MR) is 134 cm³/mol. The molecule has 3 N–H and O–H groups in total. The van der Waals surface area contributed by atoms with Crippen LogP contribution in [0.25, 0.3) is 16.7 Å². The minimum Gasteiger partial charge on any atom is -0.322 e. The van der Waals surface area contributed by atoms with Crippen molar-refractivity contribution >= 4 is 44.4 Å². The Hall–Kier alpha value is -3.15. The number of aryl methyl sites for hydroxylation is 3. The fourth-order valence-corrected chi connectivity index (χ4v) is 5.16. The molecule has 0 bridgehead atoms. The largest absolute Gasteiger partial charge is 0.322 e. The Balaban J connectivity index is 1.52. The molecule has 11 heteroatoms. The first-order chi connectivity index (χ1) is 16.1. The van der Waals surface area contributed by atoms with Crippen LogP contribution in [0.1, 0.15) is 23.9 Å². The molecule has 178 valence electrons. The Morgan fingerprint density at radius 1 is 1.12 bits per heavy atom. The first-order valence-electron chi connectivity index (χ1n) is 10.7. The number of imidazole rings is 1. The van der Waals surface area contributed by atoms with Crippen molar-refractivity contribution in [2.24, 2.45) is 5.14 Å². The average Bonchev–Trinajstić information content (AvgIpc) is 3.28. The monoisotopic (exact) mass is 498 g/mol. The third-order valence-electron chi connectivity index (χ3n) is 5.50. The van der Waals surface area contributed by atoms with Crippen molar-refractivity contribution in [3.8, 4) is 5.69 Å². The van der Waals surface area contributed by atoms with Crippen molar-refractivity contribution in [1.82, 2.24) is 19.3 Å². The van der Waals surface area contributed by atoms with Crippen LogP contribution in [0.5, 0.6) is 0 Å². The fourth-order valence-electron chi connectivity index (χ4n) is 3.75. The van der Waals surface area contributed by atoms with Crippen LogP contribution in [0.3, 0.4) is 0 Å². The molecule has 0 unspecified atom stereocenters. The highest BCUT2D eigenvalue weighted by atomic mass is 32.2. The van der Waals surface area contributed by atoms with Crippen molar-refractivity contribution in [2.75, 3.05) is 11.1 Å². The minimum absolute atomic E-state index is 0.00610. The highest BCUT2D eigenvalue weighted by molar-refractivity contribution is 7.99. The average molecular weight is 499 g/mol. The molecule has 0 radical (unpaired) electrons. The van der Waals surface area contributed by atoms with E-state index in [1.807, 2.05) is 61.2 Å². The van der Waals surface area contributed by atoms with Crippen LogP contribution >= 0.6 is 11.8 Å². The number of thioether (sulfide) groups is 1. The Labute approximate surface area is 202 Å². The lowest BCUT2D eigenvalue weighted by Gasteiger charge is -2.08. The van der Waals surface area contributed by atoms with Gasteiger partial charge in [0, 0.05) is 6.54 Å². The number of hydrogen-bond acceptors (Lipinski definition) is 6. The van der Waals surface area contributed by atoms with Crippen molar-refractivity contribution in [2.45, 2.75) is 44.3 Å². The molecule has 0 spiro atoms. The maximum absolute atomic E-state index is 12.8. The van der Waals surface area contributed by atoms with Crippen LogP contribution in [0, 0.1) is 20.8 Å². The van der Waals surface area contributed by atoms with Crippen molar-refractivity contribution in [3.63, 3.8) is 0 Å². The van der Waals surface area contributed by atoms with E-state index < -0.39 is 10.0 Å². The summed E-state index contributed by atoms with van der Waals surface area (Å²) in [7, 11) is -3.82. The Bertz CT molecular complexity index is 1490. The molecule has 0 fully saturated rings. The lowest BCUT2D eigenvalue weighted by molar-refractivity contribution is -0.113. The van der Waals surface area contributed by atoms with Gasteiger partial charge in [0.15, 0.2) is 5.16 Å². The van der Waals surface area contributed by atoms with Crippen LogP contribution in [-0.4, -0.2) is 39.4 Å². The Kier molecular flexibility index (Phi) is 6.52. The van der Waals surface area contributed by atoms with Crippen LogP contribution < -0.4 is 10.5 Å². The second-order valence-electron chi connectivity index (χ2n) is 7.96. The number of primary sulfonamides is 1. The molecule has 4 aromatic rings. The van der Waals surface area contributed by atoms with E-state index in [2.05, 4.69) is 15.4 Å². The Morgan fingerprint density at radius 2 is 1.82 bits per heavy atom. The number of nitrogens with two attached hydrogens (primary N) is 1. The molecule has 0 aliphatic carbocycles. The first-order valence-corrected chi connectivity index (χ1v) is 13.2. The number of rotatable bonds is 7. The number of sulfonamides is 1. The fraction of sp³-hybridized carbons (Fsp3) is 0.261. The molecule has 0 aliphatic rings. The number of nitrogens with zero attached hydrogens (tertiary/aromatic N) is 4. The maximum Gasteiger partial charge on any atom is 0.238 e. The summed E-state index contributed by atoms with van der Waals surface area (Å²) in [5.74, 6) is -0.0421. The molecule has 0 atom stereocenters. The molecule has 0 saturated heterocycles. The van der Waals surface area contributed by atoms with E-state index >= 15 is 0 Å². The van der Waals surface area contributed by atoms with E-state index in [1.165, 1.54) is 23.9 Å². The number of hydrogen-bond donors (Lipinski definition) is 2. The summed E-state index contributed by atoms with van der Waals surface area (Å²) in [5, 5.41) is 13.4. The summed E-state index contributed by atoms with van der Waals surface area (Å²) in [4.78, 5) is 17.3. The van der Waals surface area contributed by atoms with E-state index in [0.29, 0.717) is 22.9 Å². The zero-order chi connectivity index (χ0) is 24.6. The van der Waals surface area contributed by atoms with Crippen LogP contribution in [-0.2, 0) is 21.4 Å². The highest BCUT2D eigenvalue weighted by Crippen LogP contribution is 2.27. The number of carbonyl (C=O) groups excluding carboxylic acids is 1. The van der Waals surface area contributed by atoms with Gasteiger partial charge >= 0.3 is 0 Å². The van der Waals surface area contributed by atoms with Crippen LogP contribution in [0.2, 0.25) is 0 Å². The van der Waals surface area contributed by atoms with E-state index in [-0.39, 0.29) is 16.6 Å². The maximum atomic E-state index is 12.8. The van der Waals surface area contributed by atoms with Gasteiger partial charge in [-0.3, -0.25) is 4.79 Å². The topological polar surface area (TPSA) is 125 Å². The highest BCUT2D eigenvalue weighted by Gasteiger charge is 2.18. The van der Waals surface area contributed by atoms with Gasteiger partial charge in [-0.1, -0.05) is 29.5 Å². The molecule has 1 amide bonds. The van der Waals surface area contributed by atoms with Gasteiger partial charge in [-0.25, -0.2) is 23.2 Å². The molecule has 2 heterocycles. The third-order valence-corrected chi connectivity index (χ3v) is 7.38. The Morgan fingerprint density at radius 3 is 2.47 bits per heavy atom. The summed E-state index contributed by atoms with van der Waals surface area (Å²) in [6.45, 7) is 8.39. The van der Waals surface area contributed by atoms with Crippen LogP contribution in [0.15, 0.2) is 52.5 Å². The second kappa shape index (κ2) is 9.24. The normalized spacial score (nSPS) is 11.8. The SMILES string of the molecule is CCn1c(SCC(=O)Nc2c(C)nn(-c3ccc(C)cc3)c2C)nc2cc(S(N)(=O)=O)ccc21. The van der Waals surface area contributed by atoms with E-state index in [1.54, 1.807) is 6.07 Å². The third kappa shape index (κ3) is 4.72. The van der Waals surface area contributed by atoms with Gasteiger partial charge in [0.25, 0.3) is 0 Å². The van der Waals surface area contributed by atoms with Crippen molar-refractivity contribution < 1.29 is 13.2 Å². The van der Waals surface area contributed by atoms with E-state index in [4.69, 9.17) is 5.14 Å². The number of aromatic nitrogens is 4. The summed E-state index contributed by atoms with van der Waals surface area (Å²) >= 11 is 1.29. The van der Waals surface area contributed by atoms with Gasteiger partial charge in [-0.15, -0.1) is 0 Å². The van der Waals surface area contributed by atoms with Crippen LogP contribution in [0.4, 0.5) is 5.69 Å². The number of nitrogens with one attached hydrogen (secondary N) is 1. The number of anilines is 1. The zero-order valence-electron chi connectivity index (χ0n) is 19.4. The molecule has 0 saturated carbocycles. The lowest BCUT2D eigenvalue weighted by atomic mass is 10.2. The summed E-state index contributed by atoms with van der Waals surface area (Å²) in [6, 6.07) is 12.6. The van der Waals surface area contributed by atoms with Gasteiger partial charge in [0.05, 0.1) is 44.4 Å². The standard InChI is InChI=1S/C23H26N6O3S2/c1-5-28-20-11-10-18(34(24,31)32)12-19(20)25-23(28)33-13-21(30)26-22-15(3)27-29(16(22)4)17-8-6-14(2)7-9-17/h6-12H,5,13H2,1-4H3,(H,26,30)(H2,24,31,32). The number of amides is 1. The van der Waals surface area contributed by atoms with Gasteiger partial charge in [-0.2, -0.15) is 5.10 Å². The molecule has 2 aromatic carbocycles. The van der Waals surface area contributed by atoms with Crippen molar-refractivity contribution in [1.29, 1.82) is 0 Å². The van der Waals surface area contributed by atoms with Gasteiger partial charge in [0.1, 0.15) is 0 Å². The van der Waals surface area contributed by atoms with E-state index in [0.717, 1.165) is 28.2 Å². The molecule has 0 aliphatic heterocycles. The zero-order valence-corrected chi connectivity index (χ0v) is 21.0. The first kappa shape index (κ1) is 24.0. The van der Waals surface area contributed by atoms with E-state index in [9.17, 15) is 13.2 Å². The quantitative estimate of drug-likeness (QED) is 0.376. The number of benzene rings is 2. The van der Waals surface area contributed by atoms with Crippen molar-refractivity contribution in [3.05, 3.63) is 59.4 Å². The lowest BCUT2D eigenvalue weighted by Crippen LogP contribution is -2.15. The second-order valence-corrected chi connectivity index (χ2v) is 10.5. The smallest absolute Gasteiger partial charge is 0.238 e. The molecule has 9 nitrogen and oxygen atoms in total. The minimum atomic E-state index is -3.82. The molecular formula is C23H26N6O3S2. The van der Waals surface area contributed by atoms with Gasteiger partial charge in [-0.05, 0) is 58.0 Å². The molecule has 2 aromatic heterocycles. The molecule has 34 heavy (non-hydrogen) atoms.